The van der Waals surface area contributed by atoms with Gasteiger partial charge in [-0.15, -0.1) is 9.24 Å². The van der Waals surface area contributed by atoms with Gasteiger partial charge in [-0.05, 0) is 102 Å². The van der Waals surface area contributed by atoms with E-state index in [0.29, 0.717) is 11.5 Å². The van der Waals surface area contributed by atoms with Crippen LogP contribution in [0.5, 0.6) is 11.5 Å². The summed E-state index contributed by atoms with van der Waals surface area (Å²) in [6.45, 7) is 7.69. The summed E-state index contributed by atoms with van der Waals surface area (Å²) in [6.07, 6.45) is 0. The molecule has 0 aliphatic rings. The fourth-order valence-corrected chi connectivity index (χ4v) is 3.78. The first-order valence-electron chi connectivity index (χ1n) is 8.29. The van der Waals surface area contributed by atoms with Crippen LogP contribution in [0.3, 0.4) is 0 Å². The molecule has 3 rings (SSSR count). The van der Waals surface area contributed by atoms with Gasteiger partial charge >= 0.3 is 0 Å². The van der Waals surface area contributed by atoms with Crippen molar-refractivity contribution in [3.63, 3.8) is 0 Å². The largest absolute Gasteiger partial charge is 0.507 e. The van der Waals surface area contributed by atoms with E-state index in [2.05, 4.69) is 21.4 Å². The Kier molecular flexibility index (Phi) is 4.58. The zero-order valence-electron chi connectivity index (χ0n) is 15.0. The van der Waals surface area contributed by atoms with Crippen molar-refractivity contribution in [3.8, 4) is 33.8 Å². The second-order valence-electron chi connectivity index (χ2n) is 6.69. The Hall–Kier alpha value is -2.31. The molecule has 0 fully saturated rings. The third kappa shape index (κ3) is 3.15. The minimum atomic E-state index is 0.350. The summed E-state index contributed by atoms with van der Waals surface area (Å²) in [5.41, 5.74) is 7.87. The zero-order valence-corrected chi connectivity index (χ0v) is 16.2. The molecule has 2 N–H and O–H groups in total. The normalized spacial score (nSPS) is 10.9. The van der Waals surface area contributed by atoms with Crippen molar-refractivity contribution in [1.82, 2.24) is 0 Å². The molecule has 25 heavy (non-hydrogen) atoms. The van der Waals surface area contributed by atoms with E-state index in [-0.39, 0.29) is 0 Å². The third-order valence-corrected chi connectivity index (χ3v) is 5.16. The van der Waals surface area contributed by atoms with Crippen LogP contribution in [-0.4, -0.2) is 10.2 Å². The smallest absolute Gasteiger partial charge is 0.121 e. The van der Waals surface area contributed by atoms with Gasteiger partial charge in [0, 0.05) is 0 Å². The van der Waals surface area contributed by atoms with E-state index in [9.17, 15) is 10.2 Å². The maximum Gasteiger partial charge on any atom is 0.121 e. The van der Waals surface area contributed by atoms with Crippen LogP contribution in [0.15, 0.2) is 42.5 Å². The molecule has 0 aliphatic heterocycles. The van der Waals surface area contributed by atoms with E-state index in [1.165, 1.54) is 0 Å². The van der Waals surface area contributed by atoms with Crippen molar-refractivity contribution in [2.45, 2.75) is 27.7 Å². The molecule has 3 heteroatoms. The molecule has 3 aromatic carbocycles. The summed E-state index contributed by atoms with van der Waals surface area (Å²) in [4.78, 5) is 0. The summed E-state index contributed by atoms with van der Waals surface area (Å²) in [5, 5.41) is 21.3. The summed E-state index contributed by atoms with van der Waals surface area (Å²) >= 11 is 0. The van der Waals surface area contributed by atoms with Gasteiger partial charge in [0.05, 0.1) is 0 Å². The van der Waals surface area contributed by atoms with Crippen LogP contribution in [0.25, 0.3) is 22.3 Å². The molecule has 0 heterocycles. The average Bonchev–Trinajstić information content (AvgIpc) is 2.56. The van der Waals surface area contributed by atoms with Crippen molar-refractivity contribution >= 4 is 14.5 Å². The molecule has 128 valence electrons. The lowest BCUT2D eigenvalue weighted by atomic mass is 9.91. The van der Waals surface area contributed by atoms with Gasteiger partial charge in [0.25, 0.3) is 0 Å². The van der Waals surface area contributed by atoms with Crippen molar-refractivity contribution in [3.05, 3.63) is 64.7 Å². The minimum Gasteiger partial charge on any atom is -0.507 e. The third-order valence-electron chi connectivity index (χ3n) is 4.68. The fourth-order valence-electron chi connectivity index (χ4n) is 3.34. The first-order chi connectivity index (χ1) is 11.8. The van der Waals surface area contributed by atoms with Gasteiger partial charge in [0.1, 0.15) is 11.5 Å². The highest BCUT2D eigenvalue weighted by Crippen LogP contribution is 2.37. The van der Waals surface area contributed by atoms with E-state index < -0.39 is 0 Å². The standard InChI is InChI=1S/C22H23O2P/c1-12-8-16(9-13(2)21(12)23)18-6-5-7-19(25)20(18)17-10-14(3)22(24)15(4)11-17/h5-11,23-24H,25H2,1-4H3. The quantitative estimate of drug-likeness (QED) is 0.626. The van der Waals surface area contributed by atoms with E-state index in [4.69, 9.17) is 0 Å². The number of hydrogen-bond donors (Lipinski definition) is 2. The lowest BCUT2D eigenvalue weighted by molar-refractivity contribution is 0.466. The maximum absolute atomic E-state index is 10.1. The van der Waals surface area contributed by atoms with Gasteiger partial charge < -0.3 is 10.2 Å². The minimum absolute atomic E-state index is 0.350. The van der Waals surface area contributed by atoms with Crippen molar-refractivity contribution in [1.29, 1.82) is 0 Å². The van der Waals surface area contributed by atoms with Crippen molar-refractivity contribution in [2.75, 3.05) is 0 Å². The Morgan fingerprint density at radius 1 is 0.680 bits per heavy atom. The molecule has 1 unspecified atom stereocenters. The number of aryl methyl sites for hydroxylation is 4. The Morgan fingerprint density at radius 2 is 1.12 bits per heavy atom. The lowest BCUT2D eigenvalue weighted by Crippen LogP contribution is -2.01. The molecule has 0 aromatic heterocycles. The van der Waals surface area contributed by atoms with E-state index >= 15 is 0 Å². The maximum atomic E-state index is 10.1. The Balaban J connectivity index is 2.30. The molecule has 0 spiro atoms. The summed E-state index contributed by atoms with van der Waals surface area (Å²) in [7, 11) is 2.81. The molecule has 0 amide bonds. The van der Waals surface area contributed by atoms with Crippen LogP contribution in [-0.2, 0) is 0 Å². The van der Waals surface area contributed by atoms with Gasteiger partial charge in [-0.3, -0.25) is 0 Å². The molecule has 2 nitrogen and oxygen atoms in total. The van der Waals surface area contributed by atoms with Crippen LogP contribution < -0.4 is 5.30 Å². The number of benzene rings is 3. The van der Waals surface area contributed by atoms with Crippen LogP contribution in [0.2, 0.25) is 0 Å². The highest BCUT2D eigenvalue weighted by molar-refractivity contribution is 7.28. The zero-order chi connectivity index (χ0) is 18.3. The first kappa shape index (κ1) is 17.5. The van der Waals surface area contributed by atoms with E-state index in [0.717, 1.165) is 49.8 Å². The van der Waals surface area contributed by atoms with Crippen LogP contribution in [0.1, 0.15) is 22.3 Å². The molecule has 3 aromatic rings. The predicted molar refractivity (Wildman–Crippen MR) is 109 cm³/mol. The second kappa shape index (κ2) is 6.54. The fraction of sp³-hybridized carbons (Fsp3) is 0.182. The van der Waals surface area contributed by atoms with Gasteiger partial charge in [-0.2, -0.15) is 0 Å². The molecule has 0 aliphatic carbocycles. The Morgan fingerprint density at radius 3 is 1.60 bits per heavy atom. The second-order valence-corrected chi connectivity index (χ2v) is 7.31. The summed E-state index contributed by atoms with van der Waals surface area (Å²) < 4.78 is 0. The summed E-state index contributed by atoms with van der Waals surface area (Å²) in [5.74, 6) is 0.700. The molecule has 0 saturated carbocycles. The van der Waals surface area contributed by atoms with Crippen LogP contribution in [0, 0.1) is 27.7 Å². The Labute approximate surface area is 151 Å². The monoisotopic (exact) mass is 350 g/mol. The number of hydrogen-bond acceptors (Lipinski definition) is 2. The Bertz CT molecular complexity index is 928. The first-order valence-corrected chi connectivity index (χ1v) is 8.87. The molecular formula is C22H23O2P. The molecule has 0 bridgehead atoms. The van der Waals surface area contributed by atoms with E-state index in [1.807, 2.05) is 58.0 Å². The molecule has 0 saturated heterocycles. The number of aromatic hydroxyl groups is 2. The van der Waals surface area contributed by atoms with Crippen LogP contribution >= 0.6 is 9.24 Å². The van der Waals surface area contributed by atoms with Crippen LogP contribution in [0.4, 0.5) is 0 Å². The highest BCUT2D eigenvalue weighted by Gasteiger charge is 2.14. The van der Waals surface area contributed by atoms with Gasteiger partial charge in [-0.25, -0.2) is 0 Å². The topological polar surface area (TPSA) is 40.5 Å². The SMILES string of the molecule is Cc1cc(-c2cccc(P)c2-c2cc(C)c(O)c(C)c2)cc(C)c1O. The van der Waals surface area contributed by atoms with Gasteiger partial charge in [0.15, 0.2) is 0 Å². The molecule has 1 atom stereocenters. The number of rotatable bonds is 2. The van der Waals surface area contributed by atoms with Crippen molar-refractivity contribution < 1.29 is 10.2 Å². The lowest BCUT2D eigenvalue weighted by Gasteiger charge is -2.17. The predicted octanol–water partition coefficient (Wildman–Crippen LogP) is 5.17. The number of phenolic OH excluding ortho intramolecular Hbond substituents is 2. The highest BCUT2D eigenvalue weighted by atomic mass is 31.0. The van der Waals surface area contributed by atoms with E-state index in [1.54, 1.807) is 0 Å². The average molecular weight is 350 g/mol. The summed E-state index contributed by atoms with van der Waals surface area (Å²) in [6, 6.07) is 14.3. The molecular weight excluding hydrogens is 327 g/mol. The number of phenols is 2. The van der Waals surface area contributed by atoms with Crippen molar-refractivity contribution in [2.24, 2.45) is 0 Å². The van der Waals surface area contributed by atoms with Gasteiger partial charge in [0.2, 0.25) is 0 Å². The molecule has 0 radical (unpaired) electrons. The van der Waals surface area contributed by atoms with Gasteiger partial charge in [-0.1, -0.05) is 18.2 Å².